The molecule has 0 radical (unpaired) electrons. The zero-order valence-electron chi connectivity index (χ0n) is 14.5. The number of halogens is 1. The van der Waals surface area contributed by atoms with Crippen LogP contribution >= 0.6 is 11.6 Å². The van der Waals surface area contributed by atoms with Crippen LogP contribution in [0.5, 0.6) is 0 Å². The van der Waals surface area contributed by atoms with E-state index in [2.05, 4.69) is 15.2 Å². The van der Waals surface area contributed by atoms with Crippen LogP contribution in [-0.4, -0.2) is 49.9 Å². The summed E-state index contributed by atoms with van der Waals surface area (Å²) in [5, 5.41) is 12.8. The molecule has 2 aliphatic rings. The van der Waals surface area contributed by atoms with E-state index < -0.39 is 17.4 Å². The Labute approximate surface area is 159 Å². The van der Waals surface area contributed by atoms with E-state index in [1.807, 2.05) is 0 Å². The Kier molecular flexibility index (Phi) is 4.39. The van der Waals surface area contributed by atoms with Crippen molar-refractivity contribution in [1.82, 2.24) is 19.6 Å². The fourth-order valence-corrected chi connectivity index (χ4v) is 4.30. The SMILES string of the molecule is O=C1C[C@@H](C(=O)O)C2(CCN(Cc3cc(=O)n4cc(Cl)ccc4n3)CC2)N1. The van der Waals surface area contributed by atoms with Crippen LogP contribution in [0.1, 0.15) is 25.0 Å². The van der Waals surface area contributed by atoms with Crippen LogP contribution in [0, 0.1) is 5.92 Å². The number of carboxylic acids is 1. The number of amides is 1. The molecule has 2 aromatic rings. The van der Waals surface area contributed by atoms with Crippen molar-refractivity contribution in [2.45, 2.75) is 31.3 Å². The van der Waals surface area contributed by atoms with E-state index in [1.54, 1.807) is 12.1 Å². The van der Waals surface area contributed by atoms with Crippen molar-refractivity contribution in [2.75, 3.05) is 13.1 Å². The molecule has 4 heterocycles. The number of hydrogen-bond donors (Lipinski definition) is 2. The average Bonchev–Trinajstić information content (AvgIpc) is 2.94. The maximum atomic E-state index is 12.3. The molecule has 27 heavy (non-hydrogen) atoms. The van der Waals surface area contributed by atoms with E-state index in [-0.39, 0.29) is 17.9 Å². The summed E-state index contributed by atoms with van der Waals surface area (Å²) in [5.41, 5.74) is 0.333. The molecule has 0 aliphatic carbocycles. The number of rotatable bonds is 3. The van der Waals surface area contributed by atoms with Crippen LogP contribution in [0.25, 0.3) is 5.65 Å². The number of piperidine rings is 1. The quantitative estimate of drug-likeness (QED) is 0.807. The van der Waals surface area contributed by atoms with Gasteiger partial charge in [0.1, 0.15) is 5.65 Å². The van der Waals surface area contributed by atoms with Crippen LogP contribution in [0.2, 0.25) is 5.02 Å². The summed E-state index contributed by atoms with van der Waals surface area (Å²) in [4.78, 5) is 42.2. The number of aromatic nitrogens is 2. The largest absolute Gasteiger partial charge is 0.481 e. The predicted molar refractivity (Wildman–Crippen MR) is 97.6 cm³/mol. The van der Waals surface area contributed by atoms with Crippen molar-refractivity contribution in [1.29, 1.82) is 0 Å². The molecular weight excluding hydrogens is 372 g/mol. The smallest absolute Gasteiger partial charge is 0.309 e. The highest BCUT2D eigenvalue weighted by atomic mass is 35.5. The maximum Gasteiger partial charge on any atom is 0.309 e. The summed E-state index contributed by atoms with van der Waals surface area (Å²) < 4.78 is 1.41. The van der Waals surface area contributed by atoms with Gasteiger partial charge in [0.2, 0.25) is 5.91 Å². The van der Waals surface area contributed by atoms with Crippen LogP contribution in [-0.2, 0) is 16.1 Å². The fourth-order valence-electron chi connectivity index (χ4n) is 4.14. The average molecular weight is 391 g/mol. The van der Waals surface area contributed by atoms with Gasteiger partial charge in [0, 0.05) is 38.3 Å². The molecule has 4 rings (SSSR count). The van der Waals surface area contributed by atoms with E-state index in [0.717, 1.165) is 0 Å². The van der Waals surface area contributed by atoms with Gasteiger partial charge in [-0.25, -0.2) is 4.98 Å². The lowest BCUT2D eigenvalue weighted by molar-refractivity contribution is -0.144. The van der Waals surface area contributed by atoms with E-state index in [9.17, 15) is 19.5 Å². The zero-order chi connectivity index (χ0) is 19.2. The zero-order valence-corrected chi connectivity index (χ0v) is 15.3. The number of aliphatic carboxylic acids is 1. The van der Waals surface area contributed by atoms with Crippen molar-refractivity contribution in [3.63, 3.8) is 0 Å². The molecule has 2 saturated heterocycles. The Morgan fingerprint density at radius 3 is 2.78 bits per heavy atom. The van der Waals surface area contributed by atoms with Crippen LogP contribution in [0.4, 0.5) is 0 Å². The highest BCUT2D eigenvalue weighted by Gasteiger charge is 2.51. The Balaban J connectivity index is 1.49. The number of nitrogens with zero attached hydrogens (tertiary/aromatic N) is 3. The number of carbonyl (C=O) groups is 2. The van der Waals surface area contributed by atoms with E-state index in [4.69, 9.17) is 11.6 Å². The molecule has 2 aromatic heterocycles. The van der Waals surface area contributed by atoms with Gasteiger partial charge in [-0.1, -0.05) is 11.6 Å². The Hall–Kier alpha value is -2.45. The highest BCUT2D eigenvalue weighted by Crippen LogP contribution is 2.37. The molecule has 8 nitrogen and oxygen atoms in total. The second-order valence-electron chi connectivity index (χ2n) is 7.24. The standard InChI is InChI=1S/C18H19ClN4O4/c19-11-1-2-14-20-12(7-16(25)23(14)9-11)10-22-5-3-18(4-6-22)13(17(26)27)8-15(24)21-18/h1-2,7,9,13H,3-6,8,10H2,(H,21,24)(H,26,27)/t13-/m0/s1. The topological polar surface area (TPSA) is 104 Å². The van der Waals surface area contributed by atoms with Crippen molar-refractivity contribution >= 4 is 29.1 Å². The lowest BCUT2D eigenvalue weighted by Crippen LogP contribution is -2.55. The number of fused-ring (bicyclic) bond motifs is 1. The van der Waals surface area contributed by atoms with Crippen LogP contribution in [0.3, 0.4) is 0 Å². The molecule has 9 heteroatoms. The number of nitrogens with one attached hydrogen (secondary N) is 1. The first-order valence-electron chi connectivity index (χ1n) is 8.80. The first-order valence-corrected chi connectivity index (χ1v) is 9.18. The highest BCUT2D eigenvalue weighted by molar-refractivity contribution is 6.30. The third-order valence-electron chi connectivity index (χ3n) is 5.55. The molecule has 1 spiro atoms. The van der Waals surface area contributed by atoms with E-state index >= 15 is 0 Å². The summed E-state index contributed by atoms with van der Waals surface area (Å²) in [6, 6.07) is 4.88. The molecule has 1 atom stereocenters. The molecule has 2 fully saturated rings. The lowest BCUT2D eigenvalue weighted by Gasteiger charge is -2.41. The number of likely N-dealkylation sites (tertiary alicyclic amines) is 1. The minimum absolute atomic E-state index is 0.0425. The molecule has 1 amide bonds. The van der Waals surface area contributed by atoms with Crippen molar-refractivity contribution in [3.05, 3.63) is 45.5 Å². The molecule has 0 aromatic carbocycles. The van der Waals surface area contributed by atoms with Gasteiger partial charge in [-0.15, -0.1) is 0 Å². The molecule has 0 bridgehead atoms. The summed E-state index contributed by atoms with van der Waals surface area (Å²) in [6.45, 7) is 1.76. The van der Waals surface area contributed by atoms with Gasteiger partial charge in [-0.3, -0.25) is 23.7 Å². The minimum Gasteiger partial charge on any atom is -0.481 e. The summed E-state index contributed by atoms with van der Waals surface area (Å²) in [7, 11) is 0. The molecule has 2 N–H and O–H groups in total. The number of hydrogen-bond acceptors (Lipinski definition) is 5. The lowest BCUT2D eigenvalue weighted by atomic mass is 9.77. The van der Waals surface area contributed by atoms with Gasteiger partial charge in [0.15, 0.2) is 0 Å². The molecule has 142 valence electrons. The fraction of sp³-hybridized carbons (Fsp3) is 0.444. The third kappa shape index (κ3) is 3.30. The number of carbonyl (C=O) groups excluding carboxylic acids is 1. The van der Waals surface area contributed by atoms with Crippen LogP contribution < -0.4 is 10.9 Å². The first-order chi connectivity index (χ1) is 12.9. The van der Waals surface area contributed by atoms with Crippen molar-refractivity contribution in [2.24, 2.45) is 5.92 Å². The van der Waals surface area contributed by atoms with Gasteiger partial charge < -0.3 is 10.4 Å². The summed E-state index contributed by atoms with van der Waals surface area (Å²) in [5.74, 6) is -1.80. The van der Waals surface area contributed by atoms with E-state index in [1.165, 1.54) is 16.7 Å². The Morgan fingerprint density at radius 1 is 1.33 bits per heavy atom. The van der Waals surface area contributed by atoms with Gasteiger partial charge in [0.05, 0.1) is 22.2 Å². The Morgan fingerprint density at radius 2 is 2.07 bits per heavy atom. The van der Waals surface area contributed by atoms with Gasteiger partial charge in [-0.05, 0) is 25.0 Å². The third-order valence-corrected chi connectivity index (χ3v) is 5.78. The molecule has 0 unspecified atom stereocenters. The summed E-state index contributed by atoms with van der Waals surface area (Å²) >= 11 is 5.92. The molecule has 0 saturated carbocycles. The second-order valence-corrected chi connectivity index (χ2v) is 7.67. The minimum atomic E-state index is -0.926. The molecule has 2 aliphatic heterocycles. The number of carboxylic acid groups (broad SMARTS) is 1. The van der Waals surface area contributed by atoms with Crippen molar-refractivity contribution in [3.8, 4) is 0 Å². The number of pyridine rings is 1. The van der Waals surface area contributed by atoms with Crippen LogP contribution in [0.15, 0.2) is 29.2 Å². The monoisotopic (exact) mass is 390 g/mol. The van der Waals surface area contributed by atoms with Gasteiger partial charge in [-0.2, -0.15) is 0 Å². The first kappa shape index (κ1) is 17.9. The second kappa shape index (κ2) is 6.61. The predicted octanol–water partition coefficient (Wildman–Crippen LogP) is 0.903. The van der Waals surface area contributed by atoms with Gasteiger partial charge >= 0.3 is 5.97 Å². The normalized spacial score (nSPS) is 22.3. The van der Waals surface area contributed by atoms with Crippen molar-refractivity contribution < 1.29 is 14.7 Å². The maximum absolute atomic E-state index is 12.3. The van der Waals surface area contributed by atoms with E-state index in [0.29, 0.717) is 48.8 Å². The summed E-state index contributed by atoms with van der Waals surface area (Å²) in [6.07, 6.45) is 2.71. The molecular formula is C18H19ClN4O4. The Bertz CT molecular complexity index is 981. The van der Waals surface area contributed by atoms with Gasteiger partial charge in [0.25, 0.3) is 5.56 Å².